The van der Waals surface area contributed by atoms with Crippen LogP contribution in [0.1, 0.15) is 28.7 Å². The van der Waals surface area contributed by atoms with E-state index in [0.29, 0.717) is 0 Å². The van der Waals surface area contributed by atoms with Gasteiger partial charge < -0.3 is 4.74 Å². The lowest BCUT2D eigenvalue weighted by atomic mass is 10.0. The van der Waals surface area contributed by atoms with Crippen molar-refractivity contribution in [2.75, 3.05) is 20.4 Å². The van der Waals surface area contributed by atoms with Gasteiger partial charge in [0.2, 0.25) is 10.0 Å². The lowest BCUT2D eigenvalue weighted by molar-refractivity contribution is 0.124. The Balaban J connectivity index is 1.93. The van der Waals surface area contributed by atoms with E-state index < -0.39 is 10.0 Å². The summed E-state index contributed by atoms with van der Waals surface area (Å²) in [5.74, 6) is 5.82. The van der Waals surface area contributed by atoms with Crippen LogP contribution in [-0.2, 0) is 21.2 Å². The number of aryl methyl sites for hydroxylation is 4. The van der Waals surface area contributed by atoms with Gasteiger partial charge in [-0.1, -0.05) is 53.8 Å². The Kier molecular flexibility index (Phi) is 8.66. The largest absolute Gasteiger partial charge is 0.368 e. The van der Waals surface area contributed by atoms with Gasteiger partial charge in [0, 0.05) is 7.11 Å². The van der Waals surface area contributed by atoms with Gasteiger partial charge in [0.15, 0.2) is 0 Å². The van der Waals surface area contributed by atoms with Crippen LogP contribution in [0, 0.1) is 32.6 Å². The van der Waals surface area contributed by atoms with Gasteiger partial charge in [-0.3, -0.25) is 0 Å². The zero-order valence-electron chi connectivity index (χ0n) is 17.6. The SMILES string of the molecule is COCN(CC#C/C=C/CCc1ccc(C)c(C)c1)S(=O)(=O)c1ccc(C)cc1. The summed E-state index contributed by atoms with van der Waals surface area (Å²) in [6.45, 7) is 6.19. The van der Waals surface area contributed by atoms with E-state index in [4.69, 9.17) is 4.74 Å². The van der Waals surface area contributed by atoms with Crippen LogP contribution in [0.2, 0.25) is 0 Å². The summed E-state index contributed by atoms with van der Waals surface area (Å²) < 4.78 is 31.8. The standard InChI is InChI=1S/C24H29NO3S/c1-20-11-15-24(16-12-20)29(26,27)25(19-28-4)17-9-7-5-6-8-10-23-14-13-21(2)22(3)18-23/h5-6,11-16,18H,8,10,17,19H2,1-4H3/b6-5+. The molecule has 0 aliphatic carbocycles. The van der Waals surface area contributed by atoms with E-state index in [0.717, 1.165) is 18.4 Å². The molecular weight excluding hydrogens is 382 g/mol. The molecule has 2 aromatic rings. The van der Waals surface area contributed by atoms with Crippen molar-refractivity contribution in [1.82, 2.24) is 4.31 Å². The van der Waals surface area contributed by atoms with Crippen molar-refractivity contribution in [3.8, 4) is 11.8 Å². The molecule has 2 aromatic carbocycles. The molecule has 0 aromatic heterocycles. The lowest BCUT2D eigenvalue weighted by Crippen LogP contribution is -2.33. The highest BCUT2D eigenvalue weighted by atomic mass is 32.2. The first kappa shape index (κ1) is 22.9. The van der Waals surface area contributed by atoms with E-state index in [9.17, 15) is 8.42 Å². The Morgan fingerprint density at radius 3 is 2.41 bits per heavy atom. The molecule has 0 heterocycles. The van der Waals surface area contributed by atoms with Gasteiger partial charge in [0.25, 0.3) is 0 Å². The minimum Gasteiger partial charge on any atom is -0.368 e. The number of hydrogen-bond donors (Lipinski definition) is 0. The van der Waals surface area contributed by atoms with Gasteiger partial charge in [-0.25, -0.2) is 8.42 Å². The van der Waals surface area contributed by atoms with Crippen molar-refractivity contribution in [3.63, 3.8) is 0 Å². The molecule has 0 saturated carbocycles. The summed E-state index contributed by atoms with van der Waals surface area (Å²) in [5, 5.41) is 0. The van der Waals surface area contributed by atoms with Crippen molar-refractivity contribution < 1.29 is 13.2 Å². The number of methoxy groups -OCH3 is 1. The molecule has 0 aliphatic rings. The van der Waals surface area contributed by atoms with Crippen molar-refractivity contribution in [3.05, 3.63) is 76.9 Å². The van der Waals surface area contributed by atoms with Crippen LogP contribution in [0.5, 0.6) is 0 Å². The molecule has 29 heavy (non-hydrogen) atoms. The van der Waals surface area contributed by atoms with E-state index >= 15 is 0 Å². The summed E-state index contributed by atoms with van der Waals surface area (Å²) in [4.78, 5) is 0.242. The maximum absolute atomic E-state index is 12.8. The van der Waals surface area contributed by atoms with Crippen LogP contribution in [0.25, 0.3) is 0 Å². The number of hydrogen-bond acceptors (Lipinski definition) is 3. The number of sulfonamides is 1. The Morgan fingerprint density at radius 2 is 1.76 bits per heavy atom. The fraction of sp³-hybridized carbons (Fsp3) is 0.333. The minimum absolute atomic E-state index is 0.0403. The first-order chi connectivity index (χ1) is 13.8. The minimum atomic E-state index is -3.64. The van der Waals surface area contributed by atoms with E-state index in [1.807, 2.05) is 13.0 Å². The molecule has 0 radical (unpaired) electrons. The van der Waals surface area contributed by atoms with Crippen LogP contribution >= 0.6 is 0 Å². The molecule has 0 unspecified atom stereocenters. The maximum atomic E-state index is 12.8. The van der Waals surface area contributed by atoms with Crippen molar-refractivity contribution >= 4 is 10.0 Å². The molecular formula is C24H29NO3S. The number of benzene rings is 2. The normalized spacial score (nSPS) is 11.6. The second-order valence-corrected chi connectivity index (χ2v) is 8.96. The third-order valence-electron chi connectivity index (χ3n) is 4.66. The second-order valence-electron chi connectivity index (χ2n) is 7.03. The van der Waals surface area contributed by atoms with Gasteiger partial charge >= 0.3 is 0 Å². The monoisotopic (exact) mass is 411 g/mol. The fourth-order valence-electron chi connectivity index (χ4n) is 2.75. The summed E-state index contributed by atoms with van der Waals surface area (Å²) >= 11 is 0. The fourth-order valence-corrected chi connectivity index (χ4v) is 4.00. The van der Waals surface area contributed by atoms with Crippen LogP contribution in [0.15, 0.2) is 59.5 Å². The Morgan fingerprint density at radius 1 is 1.03 bits per heavy atom. The summed E-state index contributed by atoms with van der Waals surface area (Å²) in [6, 6.07) is 13.3. The molecule has 0 spiro atoms. The third-order valence-corrected chi connectivity index (χ3v) is 6.44. The molecule has 0 saturated heterocycles. The Bertz CT molecular complexity index is 997. The van der Waals surface area contributed by atoms with E-state index in [-0.39, 0.29) is 18.2 Å². The number of allylic oxidation sites excluding steroid dienone is 2. The average Bonchev–Trinajstić information content (AvgIpc) is 2.69. The van der Waals surface area contributed by atoms with Crippen molar-refractivity contribution in [2.24, 2.45) is 0 Å². The smallest absolute Gasteiger partial charge is 0.245 e. The highest BCUT2D eigenvalue weighted by molar-refractivity contribution is 7.89. The molecule has 2 rings (SSSR count). The van der Waals surface area contributed by atoms with Gasteiger partial charge in [0.1, 0.15) is 6.73 Å². The summed E-state index contributed by atoms with van der Waals surface area (Å²) in [5.41, 5.74) is 4.92. The second kappa shape index (κ2) is 11.0. The van der Waals surface area contributed by atoms with Gasteiger partial charge in [-0.2, -0.15) is 4.31 Å². The highest BCUT2D eigenvalue weighted by Crippen LogP contribution is 2.16. The molecule has 0 bridgehead atoms. The van der Waals surface area contributed by atoms with E-state index in [1.54, 1.807) is 30.3 Å². The molecule has 0 aliphatic heterocycles. The van der Waals surface area contributed by atoms with Crippen molar-refractivity contribution in [1.29, 1.82) is 0 Å². The Labute approximate surface area is 175 Å². The molecule has 0 N–H and O–H groups in total. The third kappa shape index (κ3) is 6.86. The van der Waals surface area contributed by atoms with Crippen molar-refractivity contribution in [2.45, 2.75) is 38.5 Å². The number of rotatable bonds is 8. The summed E-state index contributed by atoms with van der Waals surface area (Å²) in [7, 11) is -2.17. The average molecular weight is 412 g/mol. The lowest BCUT2D eigenvalue weighted by Gasteiger charge is -2.18. The first-order valence-electron chi connectivity index (χ1n) is 9.60. The summed E-state index contributed by atoms with van der Waals surface area (Å²) in [6.07, 6.45) is 5.64. The topological polar surface area (TPSA) is 46.6 Å². The number of ether oxygens (including phenoxy) is 1. The number of nitrogens with zero attached hydrogens (tertiary/aromatic N) is 1. The molecule has 0 fully saturated rings. The maximum Gasteiger partial charge on any atom is 0.245 e. The molecule has 154 valence electrons. The van der Waals surface area contributed by atoms with Crippen LogP contribution in [-0.4, -0.2) is 33.1 Å². The molecule has 0 amide bonds. The van der Waals surface area contributed by atoms with Gasteiger partial charge in [0.05, 0.1) is 11.4 Å². The predicted octanol–water partition coefficient (Wildman–Crippen LogP) is 4.40. The molecule has 0 atom stereocenters. The van der Waals surface area contributed by atoms with E-state index in [2.05, 4.69) is 43.9 Å². The first-order valence-corrected chi connectivity index (χ1v) is 11.0. The highest BCUT2D eigenvalue weighted by Gasteiger charge is 2.23. The quantitative estimate of drug-likeness (QED) is 0.478. The molecule has 4 nitrogen and oxygen atoms in total. The van der Waals surface area contributed by atoms with Gasteiger partial charge in [-0.15, -0.1) is 0 Å². The molecule has 5 heteroatoms. The van der Waals surface area contributed by atoms with Gasteiger partial charge in [-0.05, 0) is 68.5 Å². The van der Waals surface area contributed by atoms with Crippen LogP contribution in [0.3, 0.4) is 0 Å². The Hall–Kier alpha value is -2.39. The zero-order valence-corrected chi connectivity index (χ0v) is 18.4. The van der Waals surface area contributed by atoms with Crippen LogP contribution in [0.4, 0.5) is 0 Å². The van der Waals surface area contributed by atoms with E-state index in [1.165, 1.54) is 28.1 Å². The zero-order chi connectivity index (χ0) is 21.3. The van der Waals surface area contributed by atoms with Crippen LogP contribution < -0.4 is 0 Å². The predicted molar refractivity (Wildman–Crippen MR) is 118 cm³/mol.